The Labute approximate surface area is 167 Å². The average molecular weight is 392 g/mol. The summed E-state index contributed by atoms with van der Waals surface area (Å²) in [5.74, 6) is 0.567. The molecule has 2 N–H and O–H groups in total. The Bertz CT molecular complexity index is 603. The molecule has 1 unspecified atom stereocenters. The van der Waals surface area contributed by atoms with Gasteiger partial charge < -0.3 is 15.5 Å². The number of aryl methyl sites for hydroxylation is 1. The van der Waals surface area contributed by atoms with E-state index in [9.17, 15) is 9.59 Å². The molecule has 0 aliphatic carbocycles. The van der Waals surface area contributed by atoms with Gasteiger partial charge in [0.1, 0.15) is 6.04 Å². The maximum Gasteiger partial charge on any atom is 0.251 e. The molecule has 0 radical (unpaired) electrons. The zero-order valence-corrected chi connectivity index (χ0v) is 17.4. The number of rotatable bonds is 10. The van der Waals surface area contributed by atoms with E-state index in [0.717, 1.165) is 24.3 Å². The number of hydrogen-bond acceptors (Lipinski definition) is 4. The molecule has 1 atom stereocenters. The quantitative estimate of drug-likeness (QED) is 0.602. The number of carbonyl (C=O) groups is 2. The van der Waals surface area contributed by atoms with Crippen molar-refractivity contribution in [2.75, 3.05) is 38.2 Å². The van der Waals surface area contributed by atoms with Crippen molar-refractivity contribution in [2.45, 2.75) is 45.1 Å². The van der Waals surface area contributed by atoms with Crippen LogP contribution in [0, 0.1) is 6.92 Å². The highest BCUT2D eigenvalue weighted by atomic mass is 32.2. The summed E-state index contributed by atoms with van der Waals surface area (Å²) < 4.78 is 0. The lowest BCUT2D eigenvalue weighted by Gasteiger charge is -2.26. The number of carbonyl (C=O) groups excluding carboxylic acids is 2. The lowest BCUT2D eigenvalue weighted by atomic mass is 10.1. The van der Waals surface area contributed by atoms with E-state index in [4.69, 9.17) is 0 Å². The summed E-state index contributed by atoms with van der Waals surface area (Å²) >= 11 is 1.68. The van der Waals surface area contributed by atoms with Gasteiger partial charge in [0.25, 0.3) is 5.91 Å². The maximum atomic E-state index is 12.6. The van der Waals surface area contributed by atoms with Gasteiger partial charge in [-0.25, -0.2) is 0 Å². The van der Waals surface area contributed by atoms with Crippen LogP contribution < -0.4 is 10.6 Å². The van der Waals surface area contributed by atoms with E-state index in [1.807, 2.05) is 31.4 Å². The first-order chi connectivity index (χ1) is 13.1. The second-order valence-corrected chi connectivity index (χ2v) is 8.21. The third-order valence-corrected chi connectivity index (χ3v) is 5.56. The van der Waals surface area contributed by atoms with Gasteiger partial charge >= 0.3 is 0 Å². The normalized spacial score (nSPS) is 15.9. The number of hydrogen-bond donors (Lipinski definition) is 2. The van der Waals surface area contributed by atoms with Crippen LogP contribution in [0.2, 0.25) is 0 Å². The van der Waals surface area contributed by atoms with Crippen molar-refractivity contribution in [3.05, 3.63) is 35.4 Å². The second kappa shape index (κ2) is 12.0. The summed E-state index contributed by atoms with van der Waals surface area (Å²) in [5.41, 5.74) is 1.63. The standard InChI is InChI=1S/C21H33N3O2S/c1-17-8-6-9-18(16-17)20(25)23-19(10-15-27-2)21(26)22-11-7-14-24-12-4-3-5-13-24/h6,8-9,16,19H,3-5,7,10-15H2,1-2H3,(H,22,26)(H,23,25). The van der Waals surface area contributed by atoms with Gasteiger partial charge in [-0.2, -0.15) is 11.8 Å². The number of nitrogens with zero attached hydrogens (tertiary/aromatic N) is 1. The molecular weight excluding hydrogens is 358 g/mol. The van der Waals surface area contributed by atoms with Crippen molar-refractivity contribution < 1.29 is 9.59 Å². The van der Waals surface area contributed by atoms with Gasteiger partial charge in [0, 0.05) is 12.1 Å². The Balaban J connectivity index is 1.80. The molecule has 5 nitrogen and oxygen atoms in total. The molecule has 1 heterocycles. The van der Waals surface area contributed by atoms with Gasteiger partial charge in [-0.05, 0) is 76.4 Å². The molecule has 2 rings (SSSR count). The molecule has 1 aliphatic heterocycles. The summed E-state index contributed by atoms with van der Waals surface area (Å²) in [5, 5.41) is 5.92. The molecule has 0 spiro atoms. The minimum Gasteiger partial charge on any atom is -0.354 e. The minimum absolute atomic E-state index is 0.0799. The van der Waals surface area contributed by atoms with E-state index in [1.165, 1.54) is 32.4 Å². The van der Waals surface area contributed by atoms with Crippen LogP contribution in [0.3, 0.4) is 0 Å². The molecule has 0 aromatic heterocycles. The fourth-order valence-electron chi connectivity index (χ4n) is 3.35. The molecule has 2 amide bonds. The number of likely N-dealkylation sites (tertiary alicyclic amines) is 1. The fraction of sp³-hybridized carbons (Fsp3) is 0.619. The van der Waals surface area contributed by atoms with Gasteiger partial charge in [0.05, 0.1) is 0 Å². The molecule has 1 aromatic carbocycles. The predicted octanol–water partition coefficient (Wildman–Crippen LogP) is 2.84. The number of nitrogens with one attached hydrogen (secondary N) is 2. The second-order valence-electron chi connectivity index (χ2n) is 7.22. The van der Waals surface area contributed by atoms with Gasteiger partial charge in [-0.1, -0.05) is 24.1 Å². The highest BCUT2D eigenvalue weighted by Gasteiger charge is 2.21. The Morgan fingerprint density at radius 1 is 1.22 bits per heavy atom. The monoisotopic (exact) mass is 391 g/mol. The summed E-state index contributed by atoms with van der Waals surface area (Å²) in [6, 6.07) is 6.96. The Hall–Kier alpha value is -1.53. The van der Waals surface area contributed by atoms with E-state index in [0.29, 0.717) is 18.5 Å². The highest BCUT2D eigenvalue weighted by molar-refractivity contribution is 7.98. The third-order valence-electron chi connectivity index (χ3n) is 4.91. The lowest BCUT2D eigenvalue weighted by Crippen LogP contribution is -2.47. The Kier molecular flexibility index (Phi) is 9.70. The molecule has 1 aliphatic rings. The summed E-state index contributed by atoms with van der Waals surface area (Å²) in [6.07, 6.45) is 7.51. The summed E-state index contributed by atoms with van der Waals surface area (Å²) in [4.78, 5) is 27.6. The Morgan fingerprint density at radius 2 is 2.00 bits per heavy atom. The molecule has 0 bridgehead atoms. The smallest absolute Gasteiger partial charge is 0.251 e. The average Bonchev–Trinajstić information content (AvgIpc) is 2.69. The van der Waals surface area contributed by atoms with E-state index in [1.54, 1.807) is 17.8 Å². The minimum atomic E-state index is -0.486. The molecule has 1 aromatic rings. The first-order valence-corrected chi connectivity index (χ1v) is 11.4. The van der Waals surface area contributed by atoms with Crippen LogP contribution in [0.25, 0.3) is 0 Å². The predicted molar refractivity (Wildman–Crippen MR) is 113 cm³/mol. The zero-order valence-electron chi connectivity index (χ0n) is 16.6. The summed E-state index contributed by atoms with van der Waals surface area (Å²) in [7, 11) is 0. The van der Waals surface area contributed by atoms with Crippen molar-refractivity contribution in [1.82, 2.24) is 15.5 Å². The van der Waals surface area contributed by atoms with Crippen LogP contribution in [0.5, 0.6) is 0 Å². The number of piperidine rings is 1. The molecule has 1 fully saturated rings. The molecular formula is C21H33N3O2S. The van der Waals surface area contributed by atoms with Crippen molar-refractivity contribution in [2.24, 2.45) is 0 Å². The van der Waals surface area contributed by atoms with E-state index in [-0.39, 0.29) is 11.8 Å². The van der Waals surface area contributed by atoms with E-state index in [2.05, 4.69) is 15.5 Å². The molecule has 150 valence electrons. The number of benzene rings is 1. The molecule has 0 saturated carbocycles. The van der Waals surface area contributed by atoms with Gasteiger partial charge in [-0.3, -0.25) is 9.59 Å². The Morgan fingerprint density at radius 3 is 2.70 bits per heavy atom. The van der Waals surface area contributed by atoms with Gasteiger partial charge in [-0.15, -0.1) is 0 Å². The van der Waals surface area contributed by atoms with Crippen LogP contribution in [0.4, 0.5) is 0 Å². The third kappa shape index (κ3) is 7.93. The van der Waals surface area contributed by atoms with Crippen LogP contribution in [-0.4, -0.2) is 60.9 Å². The lowest BCUT2D eigenvalue weighted by molar-refractivity contribution is -0.123. The topological polar surface area (TPSA) is 61.4 Å². The molecule has 27 heavy (non-hydrogen) atoms. The van der Waals surface area contributed by atoms with Crippen molar-refractivity contribution in [1.29, 1.82) is 0 Å². The van der Waals surface area contributed by atoms with Crippen molar-refractivity contribution >= 4 is 23.6 Å². The van der Waals surface area contributed by atoms with Crippen LogP contribution in [-0.2, 0) is 4.79 Å². The number of amides is 2. The van der Waals surface area contributed by atoms with Crippen LogP contribution in [0.1, 0.15) is 48.0 Å². The van der Waals surface area contributed by atoms with Crippen molar-refractivity contribution in [3.63, 3.8) is 0 Å². The molecule has 6 heteroatoms. The number of thioether (sulfide) groups is 1. The molecule has 1 saturated heterocycles. The fourth-order valence-corrected chi connectivity index (χ4v) is 3.82. The van der Waals surface area contributed by atoms with Crippen LogP contribution in [0.15, 0.2) is 24.3 Å². The SMILES string of the molecule is CSCCC(NC(=O)c1cccc(C)c1)C(=O)NCCCN1CCCCC1. The van der Waals surface area contributed by atoms with Crippen LogP contribution >= 0.6 is 11.8 Å². The highest BCUT2D eigenvalue weighted by Crippen LogP contribution is 2.09. The van der Waals surface area contributed by atoms with E-state index < -0.39 is 6.04 Å². The van der Waals surface area contributed by atoms with Gasteiger partial charge in [0.2, 0.25) is 5.91 Å². The maximum absolute atomic E-state index is 12.6. The first kappa shape index (κ1) is 21.8. The van der Waals surface area contributed by atoms with Gasteiger partial charge in [0.15, 0.2) is 0 Å². The van der Waals surface area contributed by atoms with Crippen molar-refractivity contribution in [3.8, 4) is 0 Å². The largest absolute Gasteiger partial charge is 0.354 e. The zero-order chi connectivity index (χ0) is 19.5. The first-order valence-electron chi connectivity index (χ1n) is 9.96. The van der Waals surface area contributed by atoms with E-state index >= 15 is 0 Å². The summed E-state index contributed by atoms with van der Waals surface area (Å²) in [6.45, 7) is 6.00.